The summed E-state index contributed by atoms with van der Waals surface area (Å²) in [5.74, 6) is 0. The third kappa shape index (κ3) is 1.23. The van der Waals surface area contributed by atoms with Crippen LogP contribution in [0.5, 0.6) is 0 Å². The topological polar surface area (TPSA) is 28.7 Å². The van der Waals surface area contributed by atoms with E-state index in [-0.39, 0.29) is 0 Å². The van der Waals surface area contributed by atoms with Gasteiger partial charge in [0.05, 0.1) is 11.4 Å². The molecule has 0 saturated carbocycles. The van der Waals surface area contributed by atoms with Crippen molar-refractivity contribution in [2.24, 2.45) is 0 Å². The summed E-state index contributed by atoms with van der Waals surface area (Å²) < 4.78 is 0. The van der Waals surface area contributed by atoms with E-state index in [0.29, 0.717) is 0 Å². The minimum Gasteiger partial charge on any atom is -0.277 e. The number of aryl methyl sites for hydroxylation is 1. The molecule has 0 aliphatic carbocycles. The first-order valence-electron chi connectivity index (χ1n) is 3.86. The molecule has 2 rings (SSSR count). The molecule has 2 aromatic rings. The highest BCUT2D eigenvalue weighted by molar-refractivity contribution is 5.57. The van der Waals surface area contributed by atoms with Crippen molar-refractivity contribution >= 4 is 0 Å². The van der Waals surface area contributed by atoms with Crippen molar-refractivity contribution in [1.82, 2.24) is 10.2 Å². The Labute approximate surface area is 71.3 Å². The van der Waals surface area contributed by atoms with Gasteiger partial charge in [-0.05, 0) is 6.92 Å². The van der Waals surface area contributed by atoms with Gasteiger partial charge in [0.2, 0.25) is 0 Å². The number of nitrogens with one attached hydrogen (secondary N) is 1. The zero-order valence-corrected chi connectivity index (χ0v) is 6.83. The van der Waals surface area contributed by atoms with Gasteiger partial charge in [-0.15, -0.1) is 0 Å². The molecule has 0 saturated heterocycles. The Morgan fingerprint density at radius 1 is 1.25 bits per heavy atom. The molecule has 0 atom stereocenters. The lowest BCUT2D eigenvalue weighted by molar-refractivity contribution is 1.05. The third-order valence-electron chi connectivity index (χ3n) is 1.70. The van der Waals surface area contributed by atoms with E-state index in [1.807, 2.05) is 37.3 Å². The molecule has 0 aliphatic heterocycles. The lowest BCUT2D eigenvalue weighted by atomic mass is 10.1. The van der Waals surface area contributed by atoms with Crippen molar-refractivity contribution in [2.75, 3.05) is 0 Å². The van der Waals surface area contributed by atoms with Crippen LogP contribution in [-0.2, 0) is 0 Å². The average molecular weight is 157 g/mol. The predicted molar refractivity (Wildman–Crippen MR) is 47.6 cm³/mol. The molecule has 0 spiro atoms. The van der Waals surface area contributed by atoms with E-state index in [0.717, 1.165) is 17.0 Å². The molecule has 0 fully saturated rings. The van der Waals surface area contributed by atoms with E-state index in [4.69, 9.17) is 0 Å². The minimum atomic E-state index is 0.897. The molecule has 0 bridgehead atoms. The Kier molecular flexibility index (Phi) is 1.67. The van der Waals surface area contributed by atoms with Gasteiger partial charge in [-0.3, -0.25) is 5.10 Å². The number of hydrogen-bond acceptors (Lipinski definition) is 1. The van der Waals surface area contributed by atoms with Crippen LogP contribution in [0.3, 0.4) is 0 Å². The zero-order chi connectivity index (χ0) is 8.39. The summed E-state index contributed by atoms with van der Waals surface area (Å²) in [5.41, 5.74) is 2.97. The van der Waals surface area contributed by atoms with Gasteiger partial charge in [-0.2, -0.15) is 5.10 Å². The van der Waals surface area contributed by atoms with E-state index < -0.39 is 0 Å². The fourth-order valence-corrected chi connectivity index (χ4v) is 1.12. The van der Waals surface area contributed by atoms with Gasteiger partial charge in [0.15, 0.2) is 0 Å². The van der Waals surface area contributed by atoms with Crippen LogP contribution in [0.2, 0.25) is 0 Å². The van der Waals surface area contributed by atoms with Gasteiger partial charge in [-0.25, -0.2) is 0 Å². The number of H-pyrrole nitrogens is 1. The summed E-state index contributed by atoms with van der Waals surface area (Å²) in [6.45, 7) is 1.92. The second-order valence-corrected chi connectivity index (χ2v) is 2.68. The van der Waals surface area contributed by atoms with Crippen LogP contribution in [0, 0.1) is 13.0 Å². The van der Waals surface area contributed by atoms with Crippen LogP contribution < -0.4 is 0 Å². The highest BCUT2D eigenvalue weighted by Gasteiger charge is 1.98. The van der Waals surface area contributed by atoms with Crippen molar-refractivity contribution in [2.45, 2.75) is 6.92 Å². The van der Waals surface area contributed by atoms with E-state index in [9.17, 15) is 0 Å². The maximum absolute atomic E-state index is 4.01. The maximum atomic E-state index is 4.01. The fraction of sp³-hybridized carbons (Fsp3) is 0.100. The molecule has 1 N–H and O–H groups in total. The quantitative estimate of drug-likeness (QED) is 0.675. The van der Waals surface area contributed by atoms with Crippen LogP contribution >= 0.6 is 0 Å². The summed E-state index contributed by atoms with van der Waals surface area (Å²) in [6, 6.07) is 13.2. The second kappa shape index (κ2) is 2.81. The first-order chi connectivity index (χ1) is 5.86. The highest BCUT2D eigenvalue weighted by atomic mass is 15.1. The normalized spacial score (nSPS) is 10.1. The zero-order valence-electron chi connectivity index (χ0n) is 6.83. The number of hydrogen-bond donors (Lipinski definition) is 1. The van der Waals surface area contributed by atoms with Crippen LogP contribution in [0.25, 0.3) is 11.3 Å². The lowest BCUT2D eigenvalue weighted by Gasteiger charge is -1.92. The molecule has 1 aromatic carbocycles. The lowest BCUT2D eigenvalue weighted by Crippen LogP contribution is -1.75. The van der Waals surface area contributed by atoms with Gasteiger partial charge in [0.1, 0.15) is 0 Å². The summed E-state index contributed by atoms with van der Waals surface area (Å²) >= 11 is 0. The summed E-state index contributed by atoms with van der Waals surface area (Å²) in [4.78, 5) is 0. The number of aromatic nitrogens is 2. The molecule has 2 heteroatoms. The Balaban J connectivity index is 2.45. The second-order valence-electron chi connectivity index (χ2n) is 2.68. The standard InChI is InChI=1S/C10H9N2/c1-8-7-10(12-11-8)9-5-3-2-4-6-9/h2-6H,1H3,(H,11,12). The van der Waals surface area contributed by atoms with Gasteiger partial charge < -0.3 is 0 Å². The molecule has 1 aromatic heterocycles. The maximum Gasteiger partial charge on any atom is 0.0733 e. The van der Waals surface area contributed by atoms with Crippen molar-refractivity contribution < 1.29 is 0 Å². The van der Waals surface area contributed by atoms with Crippen LogP contribution in [0.4, 0.5) is 0 Å². The van der Waals surface area contributed by atoms with E-state index in [1.54, 1.807) is 0 Å². The Hall–Kier alpha value is -1.57. The van der Waals surface area contributed by atoms with Crippen molar-refractivity contribution in [1.29, 1.82) is 0 Å². The Morgan fingerprint density at radius 2 is 2.00 bits per heavy atom. The predicted octanol–water partition coefficient (Wildman–Crippen LogP) is 2.19. The highest BCUT2D eigenvalue weighted by Crippen LogP contribution is 2.15. The number of nitrogens with zero attached hydrogens (tertiary/aromatic N) is 1. The molecule has 1 heterocycles. The average Bonchev–Trinajstić information content (AvgIpc) is 2.54. The van der Waals surface area contributed by atoms with E-state index in [1.165, 1.54) is 0 Å². The molecule has 0 amide bonds. The summed E-state index contributed by atoms with van der Waals surface area (Å²) in [5, 5.41) is 6.93. The smallest absolute Gasteiger partial charge is 0.0733 e. The SMILES string of the molecule is Cc1[c]c(-c2ccccc2)[nH]n1. The van der Waals surface area contributed by atoms with Crippen LogP contribution in [0.15, 0.2) is 30.3 Å². The van der Waals surface area contributed by atoms with Gasteiger partial charge in [0, 0.05) is 11.6 Å². The first-order valence-corrected chi connectivity index (χ1v) is 3.86. The fourth-order valence-electron chi connectivity index (χ4n) is 1.12. The largest absolute Gasteiger partial charge is 0.277 e. The molecule has 1 radical (unpaired) electrons. The van der Waals surface area contributed by atoms with Crippen LogP contribution in [-0.4, -0.2) is 10.2 Å². The van der Waals surface area contributed by atoms with Gasteiger partial charge >= 0.3 is 0 Å². The molecule has 0 unspecified atom stereocenters. The van der Waals surface area contributed by atoms with E-state index in [2.05, 4.69) is 16.3 Å². The van der Waals surface area contributed by atoms with Crippen molar-refractivity contribution in [3.8, 4) is 11.3 Å². The monoisotopic (exact) mass is 157 g/mol. The Bertz CT molecular complexity index is 362. The molecular formula is C10H9N2. The van der Waals surface area contributed by atoms with Crippen LogP contribution in [0.1, 0.15) is 5.69 Å². The first kappa shape index (κ1) is 7.10. The molecule has 0 aliphatic rings. The number of rotatable bonds is 1. The summed E-state index contributed by atoms with van der Waals surface area (Å²) in [6.07, 6.45) is 0. The Morgan fingerprint density at radius 3 is 2.58 bits per heavy atom. The minimum absolute atomic E-state index is 0.897. The van der Waals surface area contributed by atoms with Crippen molar-refractivity contribution in [3.05, 3.63) is 42.1 Å². The molecule has 12 heavy (non-hydrogen) atoms. The summed E-state index contributed by atoms with van der Waals surface area (Å²) in [7, 11) is 0. The van der Waals surface area contributed by atoms with Gasteiger partial charge in [0.25, 0.3) is 0 Å². The van der Waals surface area contributed by atoms with Crippen molar-refractivity contribution in [3.63, 3.8) is 0 Å². The number of aromatic amines is 1. The van der Waals surface area contributed by atoms with E-state index >= 15 is 0 Å². The van der Waals surface area contributed by atoms with Gasteiger partial charge in [-0.1, -0.05) is 30.3 Å². The number of benzene rings is 1. The molecule has 2 nitrogen and oxygen atoms in total. The molecule has 59 valence electrons. The third-order valence-corrected chi connectivity index (χ3v) is 1.70. The molecular weight excluding hydrogens is 148 g/mol.